The molecule has 2 rings (SSSR count). The highest BCUT2D eigenvalue weighted by atomic mass is 16.3. The second-order valence-corrected chi connectivity index (χ2v) is 5.61. The average molecular weight is 211 g/mol. The van der Waals surface area contributed by atoms with Gasteiger partial charge in [0.05, 0.1) is 6.10 Å². The molecule has 2 N–H and O–H groups in total. The van der Waals surface area contributed by atoms with Crippen molar-refractivity contribution < 1.29 is 5.11 Å². The third-order valence-corrected chi connectivity index (χ3v) is 4.29. The molecule has 2 heteroatoms. The Hall–Kier alpha value is -0.0800. The summed E-state index contributed by atoms with van der Waals surface area (Å²) in [7, 11) is 0. The van der Waals surface area contributed by atoms with E-state index in [0.29, 0.717) is 0 Å². The molecule has 0 aromatic rings. The summed E-state index contributed by atoms with van der Waals surface area (Å²) in [4.78, 5) is 0. The van der Waals surface area contributed by atoms with E-state index in [2.05, 4.69) is 12.2 Å². The maximum atomic E-state index is 9.46. The molecule has 88 valence electrons. The molecule has 0 aliphatic heterocycles. The van der Waals surface area contributed by atoms with Gasteiger partial charge in [-0.15, -0.1) is 0 Å². The van der Waals surface area contributed by atoms with Crippen LogP contribution >= 0.6 is 0 Å². The highest BCUT2D eigenvalue weighted by Gasteiger charge is 2.25. The molecule has 2 fully saturated rings. The zero-order valence-electron chi connectivity index (χ0n) is 9.91. The molecule has 2 nitrogen and oxygen atoms in total. The number of rotatable bonds is 3. The van der Waals surface area contributed by atoms with Gasteiger partial charge in [0.15, 0.2) is 0 Å². The van der Waals surface area contributed by atoms with Crippen LogP contribution in [0.3, 0.4) is 0 Å². The fourth-order valence-corrected chi connectivity index (χ4v) is 3.17. The van der Waals surface area contributed by atoms with Gasteiger partial charge in [-0.25, -0.2) is 0 Å². The minimum atomic E-state index is -0.0134. The smallest absolute Gasteiger partial charge is 0.0543 e. The number of aliphatic hydroxyl groups excluding tert-OH is 1. The standard InChI is InChI=1S/C13H25NO/c1-10-4-2-3-5-13(10)14-9-11-6-7-12(15)8-11/h10-15H,2-9H2,1H3. The van der Waals surface area contributed by atoms with Crippen LogP contribution in [-0.4, -0.2) is 23.8 Å². The normalized spacial score (nSPS) is 42.0. The van der Waals surface area contributed by atoms with Crippen molar-refractivity contribution in [2.45, 2.75) is 64.0 Å². The van der Waals surface area contributed by atoms with E-state index in [-0.39, 0.29) is 6.10 Å². The molecule has 0 radical (unpaired) electrons. The van der Waals surface area contributed by atoms with Crippen LogP contribution < -0.4 is 5.32 Å². The SMILES string of the molecule is CC1CCCCC1NCC1CCC(O)C1. The molecular weight excluding hydrogens is 186 g/mol. The van der Waals surface area contributed by atoms with Gasteiger partial charge in [0.2, 0.25) is 0 Å². The van der Waals surface area contributed by atoms with Gasteiger partial charge in [0.25, 0.3) is 0 Å². The Morgan fingerprint density at radius 2 is 1.93 bits per heavy atom. The van der Waals surface area contributed by atoms with Crippen molar-refractivity contribution in [3.63, 3.8) is 0 Å². The van der Waals surface area contributed by atoms with Crippen molar-refractivity contribution in [1.82, 2.24) is 5.32 Å². The Balaban J connectivity index is 1.68. The van der Waals surface area contributed by atoms with E-state index < -0.39 is 0 Å². The summed E-state index contributed by atoms with van der Waals surface area (Å²) in [6.07, 6.45) is 8.81. The van der Waals surface area contributed by atoms with E-state index in [1.165, 1.54) is 32.1 Å². The second-order valence-electron chi connectivity index (χ2n) is 5.61. The lowest BCUT2D eigenvalue weighted by Crippen LogP contribution is -2.39. The molecule has 2 aliphatic rings. The van der Waals surface area contributed by atoms with Crippen LogP contribution in [0.5, 0.6) is 0 Å². The lowest BCUT2D eigenvalue weighted by Gasteiger charge is -2.30. The first-order valence-electron chi connectivity index (χ1n) is 6.67. The number of hydrogen-bond donors (Lipinski definition) is 2. The van der Waals surface area contributed by atoms with E-state index in [9.17, 15) is 5.11 Å². The number of hydrogen-bond acceptors (Lipinski definition) is 2. The lowest BCUT2D eigenvalue weighted by atomic mass is 9.85. The maximum Gasteiger partial charge on any atom is 0.0543 e. The van der Waals surface area contributed by atoms with Gasteiger partial charge in [0, 0.05) is 6.04 Å². The fourth-order valence-electron chi connectivity index (χ4n) is 3.17. The predicted octanol–water partition coefficient (Wildman–Crippen LogP) is 2.32. The monoisotopic (exact) mass is 211 g/mol. The van der Waals surface area contributed by atoms with E-state index in [0.717, 1.165) is 37.3 Å². The van der Waals surface area contributed by atoms with E-state index in [4.69, 9.17) is 0 Å². The van der Waals surface area contributed by atoms with Gasteiger partial charge in [-0.05, 0) is 50.5 Å². The topological polar surface area (TPSA) is 32.3 Å². The molecule has 2 saturated carbocycles. The van der Waals surface area contributed by atoms with E-state index in [1.54, 1.807) is 0 Å². The molecule has 4 atom stereocenters. The van der Waals surface area contributed by atoms with Gasteiger partial charge >= 0.3 is 0 Å². The molecule has 0 amide bonds. The van der Waals surface area contributed by atoms with Crippen LogP contribution in [0.15, 0.2) is 0 Å². The third-order valence-electron chi connectivity index (χ3n) is 4.29. The Morgan fingerprint density at radius 1 is 1.13 bits per heavy atom. The van der Waals surface area contributed by atoms with Crippen LogP contribution in [0, 0.1) is 11.8 Å². The highest BCUT2D eigenvalue weighted by Crippen LogP contribution is 2.27. The summed E-state index contributed by atoms with van der Waals surface area (Å²) in [6.45, 7) is 3.51. The largest absolute Gasteiger partial charge is 0.393 e. The average Bonchev–Trinajstić information content (AvgIpc) is 2.63. The van der Waals surface area contributed by atoms with Crippen molar-refractivity contribution in [1.29, 1.82) is 0 Å². The summed E-state index contributed by atoms with van der Waals surface area (Å²) < 4.78 is 0. The summed E-state index contributed by atoms with van der Waals surface area (Å²) in [5.41, 5.74) is 0. The first kappa shape index (κ1) is 11.4. The van der Waals surface area contributed by atoms with Crippen LogP contribution in [0.1, 0.15) is 51.9 Å². The van der Waals surface area contributed by atoms with Crippen molar-refractivity contribution in [2.24, 2.45) is 11.8 Å². The Bertz CT molecular complexity index is 195. The fraction of sp³-hybridized carbons (Fsp3) is 1.00. The molecule has 0 aromatic carbocycles. The predicted molar refractivity (Wildman–Crippen MR) is 62.8 cm³/mol. The minimum absolute atomic E-state index is 0.0134. The lowest BCUT2D eigenvalue weighted by molar-refractivity contribution is 0.176. The molecule has 0 aromatic heterocycles. The molecule has 4 unspecified atom stereocenters. The quantitative estimate of drug-likeness (QED) is 0.751. The summed E-state index contributed by atoms with van der Waals surface area (Å²) >= 11 is 0. The molecule has 0 heterocycles. The summed E-state index contributed by atoms with van der Waals surface area (Å²) in [6, 6.07) is 0.747. The van der Waals surface area contributed by atoms with Gasteiger partial charge in [-0.2, -0.15) is 0 Å². The maximum absolute atomic E-state index is 9.46. The zero-order chi connectivity index (χ0) is 10.7. The molecule has 15 heavy (non-hydrogen) atoms. The highest BCUT2D eigenvalue weighted by molar-refractivity contribution is 4.82. The molecule has 0 saturated heterocycles. The number of nitrogens with one attached hydrogen (secondary N) is 1. The summed E-state index contributed by atoms with van der Waals surface area (Å²) in [5, 5.41) is 13.2. The van der Waals surface area contributed by atoms with Crippen LogP contribution in [0.25, 0.3) is 0 Å². The van der Waals surface area contributed by atoms with Crippen molar-refractivity contribution in [3.8, 4) is 0 Å². The van der Waals surface area contributed by atoms with Crippen LogP contribution in [0.2, 0.25) is 0 Å². The van der Waals surface area contributed by atoms with Gasteiger partial charge in [-0.3, -0.25) is 0 Å². The third kappa shape index (κ3) is 3.18. The molecule has 2 aliphatic carbocycles. The van der Waals surface area contributed by atoms with Crippen LogP contribution in [0.4, 0.5) is 0 Å². The van der Waals surface area contributed by atoms with Crippen molar-refractivity contribution >= 4 is 0 Å². The molecular formula is C13H25NO. The van der Waals surface area contributed by atoms with E-state index in [1.807, 2.05) is 0 Å². The number of aliphatic hydroxyl groups is 1. The van der Waals surface area contributed by atoms with E-state index >= 15 is 0 Å². The van der Waals surface area contributed by atoms with Crippen molar-refractivity contribution in [2.75, 3.05) is 6.54 Å². The Morgan fingerprint density at radius 3 is 2.60 bits per heavy atom. The Labute approximate surface area is 93.5 Å². The Kier molecular flexibility index (Phi) is 4.04. The molecule has 0 bridgehead atoms. The first-order chi connectivity index (χ1) is 7.25. The minimum Gasteiger partial charge on any atom is -0.393 e. The van der Waals surface area contributed by atoms with Crippen molar-refractivity contribution in [3.05, 3.63) is 0 Å². The second kappa shape index (κ2) is 5.31. The zero-order valence-corrected chi connectivity index (χ0v) is 9.91. The molecule has 0 spiro atoms. The van der Waals surface area contributed by atoms with Crippen LogP contribution in [-0.2, 0) is 0 Å². The summed E-state index contributed by atoms with van der Waals surface area (Å²) in [5.74, 6) is 1.58. The first-order valence-corrected chi connectivity index (χ1v) is 6.67. The van der Waals surface area contributed by atoms with Gasteiger partial charge in [-0.1, -0.05) is 19.8 Å². The van der Waals surface area contributed by atoms with Gasteiger partial charge in [0.1, 0.15) is 0 Å². The van der Waals surface area contributed by atoms with Gasteiger partial charge < -0.3 is 10.4 Å².